The fraction of sp³-hybridized carbons (Fsp3) is 0.263. The highest BCUT2D eigenvalue weighted by Crippen LogP contribution is 2.30. The average molecular weight is 340 g/mol. The van der Waals surface area contributed by atoms with E-state index < -0.39 is 0 Å². The third-order valence-electron chi connectivity index (χ3n) is 3.73. The minimum Gasteiger partial charge on any atom is -0.326 e. The molecule has 0 radical (unpaired) electrons. The van der Waals surface area contributed by atoms with E-state index in [0.717, 1.165) is 30.0 Å². The lowest BCUT2D eigenvalue weighted by atomic mass is 10.2. The summed E-state index contributed by atoms with van der Waals surface area (Å²) in [5.41, 5.74) is 1.51. The van der Waals surface area contributed by atoms with Crippen LogP contribution in [0.15, 0.2) is 59.5 Å². The van der Waals surface area contributed by atoms with Crippen molar-refractivity contribution in [1.29, 1.82) is 0 Å². The molecule has 1 aliphatic rings. The Morgan fingerprint density at radius 1 is 0.917 bits per heavy atom. The Bertz CT molecular complexity index is 697. The van der Waals surface area contributed by atoms with Crippen LogP contribution in [0.2, 0.25) is 0 Å². The Kier molecular flexibility index (Phi) is 5.54. The molecule has 2 N–H and O–H groups in total. The van der Waals surface area contributed by atoms with E-state index in [2.05, 4.69) is 10.6 Å². The molecule has 2 amide bonds. The van der Waals surface area contributed by atoms with E-state index in [4.69, 9.17) is 0 Å². The summed E-state index contributed by atoms with van der Waals surface area (Å²) >= 11 is 1.67. The SMILES string of the molecule is O=C(CCSc1ccccc1)Nc1ccc(NC(=O)C2CC2)cc1. The first-order chi connectivity index (χ1) is 11.7. The lowest BCUT2D eigenvalue weighted by Crippen LogP contribution is -2.14. The van der Waals surface area contributed by atoms with Gasteiger partial charge in [-0.3, -0.25) is 9.59 Å². The highest BCUT2D eigenvalue weighted by molar-refractivity contribution is 7.99. The normalized spacial score (nSPS) is 13.3. The zero-order chi connectivity index (χ0) is 16.8. The maximum atomic E-state index is 12.0. The largest absolute Gasteiger partial charge is 0.326 e. The van der Waals surface area contributed by atoms with Crippen LogP contribution in [0, 0.1) is 5.92 Å². The molecule has 0 aliphatic heterocycles. The second kappa shape index (κ2) is 8.02. The number of amides is 2. The second-order valence-electron chi connectivity index (χ2n) is 5.80. The maximum Gasteiger partial charge on any atom is 0.227 e. The lowest BCUT2D eigenvalue weighted by Gasteiger charge is -2.08. The van der Waals surface area contributed by atoms with Gasteiger partial charge < -0.3 is 10.6 Å². The Hall–Kier alpha value is -2.27. The number of benzene rings is 2. The molecule has 3 rings (SSSR count). The number of carbonyl (C=O) groups excluding carboxylic acids is 2. The van der Waals surface area contributed by atoms with Gasteiger partial charge in [0.25, 0.3) is 0 Å². The van der Waals surface area contributed by atoms with Crippen LogP contribution in [0.3, 0.4) is 0 Å². The van der Waals surface area contributed by atoms with E-state index in [-0.39, 0.29) is 17.7 Å². The number of carbonyl (C=O) groups is 2. The van der Waals surface area contributed by atoms with Crippen LogP contribution in [0.25, 0.3) is 0 Å². The Morgan fingerprint density at radius 3 is 2.17 bits per heavy atom. The first-order valence-corrected chi connectivity index (χ1v) is 9.08. The topological polar surface area (TPSA) is 58.2 Å². The summed E-state index contributed by atoms with van der Waals surface area (Å²) in [6.07, 6.45) is 2.43. The summed E-state index contributed by atoms with van der Waals surface area (Å²) in [4.78, 5) is 24.8. The molecule has 1 saturated carbocycles. The summed E-state index contributed by atoms with van der Waals surface area (Å²) in [6, 6.07) is 17.3. The van der Waals surface area contributed by atoms with E-state index in [1.807, 2.05) is 54.6 Å². The molecule has 0 spiro atoms. The molecular formula is C19H20N2O2S. The van der Waals surface area contributed by atoms with Crippen molar-refractivity contribution in [3.05, 3.63) is 54.6 Å². The number of thioether (sulfide) groups is 1. The van der Waals surface area contributed by atoms with Crippen LogP contribution in [-0.4, -0.2) is 17.6 Å². The van der Waals surface area contributed by atoms with Gasteiger partial charge in [-0.2, -0.15) is 0 Å². The van der Waals surface area contributed by atoms with E-state index >= 15 is 0 Å². The van der Waals surface area contributed by atoms with Gasteiger partial charge in [0, 0.05) is 34.4 Å². The van der Waals surface area contributed by atoms with Gasteiger partial charge in [0.05, 0.1) is 0 Å². The molecule has 0 heterocycles. The van der Waals surface area contributed by atoms with Crippen LogP contribution in [0.1, 0.15) is 19.3 Å². The average Bonchev–Trinajstić information content (AvgIpc) is 3.43. The molecule has 0 aromatic heterocycles. The highest BCUT2D eigenvalue weighted by Gasteiger charge is 2.29. The molecular weight excluding hydrogens is 320 g/mol. The van der Waals surface area contributed by atoms with Gasteiger partial charge in [-0.1, -0.05) is 18.2 Å². The van der Waals surface area contributed by atoms with Gasteiger partial charge in [0.1, 0.15) is 0 Å². The molecule has 1 aliphatic carbocycles. The van der Waals surface area contributed by atoms with Crippen molar-refractivity contribution in [3.8, 4) is 0 Å². The van der Waals surface area contributed by atoms with Gasteiger partial charge in [-0.25, -0.2) is 0 Å². The van der Waals surface area contributed by atoms with Crippen LogP contribution in [0.4, 0.5) is 11.4 Å². The summed E-state index contributed by atoms with van der Waals surface area (Å²) in [6.45, 7) is 0. The van der Waals surface area contributed by atoms with Gasteiger partial charge in [0.2, 0.25) is 11.8 Å². The quantitative estimate of drug-likeness (QED) is 0.744. The molecule has 0 saturated heterocycles. The van der Waals surface area contributed by atoms with Crippen LogP contribution in [0.5, 0.6) is 0 Å². The number of hydrogen-bond acceptors (Lipinski definition) is 3. The maximum absolute atomic E-state index is 12.0. The van der Waals surface area contributed by atoms with Crippen LogP contribution < -0.4 is 10.6 Å². The van der Waals surface area contributed by atoms with Crippen molar-refractivity contribution >= 4 is 35.0 Å². The molecule has 24 heavy (non-hydrogen) atoms. The minimum absolute atomic E-state index is 0.00630. The van der Waals surface area contributed by atoms with E-state index in [0.29, 0.717) is 6.42 Å². The predicted molar refractivity (Wildman–Crippen MR) is 98.2 cm³/mol. The molecule has 4 nitrogen and oxygen atoms in total. The summed E-state index contributed by atoms with van der Waals surface area (Å²) < 4.78 is 0. The first-order valence-electron chi connectivity index (χ1n) is 8.09. The van der Waals surface area contributed by atoms with Gasteiger partial charge in [-0.05, 0) is 49.2 Å². The number of hydrogen-bond donors (Lipinski definition) is 2. The summed E-state index contributed by atoms with van der Waals surface area (Å²) in [7, 11) is 0. The van der Waals surface area contributed by atoms with Crippen LogP contribution >= 0.6 is 11.8 Å². The Morgan fingerprint density at radius 2 is 1.54 bits per heavy atom. The lowest BCUT2D eigenvalue weighted by molar-refractivity contribution is -0.117. The van der Waals surface area contributed by atoms with Gasteiger partial charge in [-0.15, -0.1) is 11.8 Å². The zero-order valence-corrected chi connectivity index (χ0v) is 14.1. The number of rotatable bonds is 7. The third kappa shape index (κ3) is 5.13. The molecule has 2 aromatic carbocycles. The Labute approximate surface area is 146 Å². The van der Waals surface area contributed by atoms with Crippen molar-refractivity contribution in [3.63, 3.8) is 0 Å². The van der Waals surface area contributed by atoms with Crippen molar-refractivity contribution < 1.29 is 9.59 Å². The third-order valence-corrected chi connectivity index (χ3v) is 4.74. The van der Waals surface area contributed by atoms with E-state index in [1.165, 1.54) is 4.90 Å². The fourth-order valence-electron chi connectivity index (χ4n) is 2.23. The first kappa shape index (κ1) is 16.6. The predicted octanol–water partition coefficient (Wildman–Crippen LogP) is 4.16. The van der Waals surface area contributed by atoms with Crippen molar-refractivity contribution in [1.82, 2.24) is 0 Å². The van der Waals surface area contributed by atoms with Crippen molar-refractivity contribution in [2.24, 2.45) is 5.92 Å². The number of anilines is 2. The smallest absolute Gasteiger partial charge is 0.227 e. The van der Waals surface area contributed by atoms with E-state index in [1.54, 1.807) is 11.8 Å². The molecule has 124 valence electrons. The molecule has 1 fully saturated rings. The van der Waals surface area contributed by atoms with Crippen molar-refractivity contribution in [2.75, 3.05) is 16.4 Å². The monoisotopic (exact) mass is 340 g/mol. The molecule has 0 unspecified atom stereocenters. The van der Waals surface area contributed by atoms with Gasteiger partial charge in [0.15, 0.2) is 0 Å². The minimum atomic E-state index is -0.00630. The Balaban J connectivity index is 1.41. The molecule has 0 atom stereocenters. The highest BCUT2D eigenvalue weighted by atomic mass is 32.2. The summed E-state index contributed by atoms with van der Waals surface area (Å²) in [5, 5.41) is 5.76. The van der Waals surface area contributed by atoms with Crippen molar-refractivity contribution in [2.45, 2.75) is 24.2 Å². The second-order valence-corrected chi connectivity index (χ2v) is 6.97. The molecule has 5 heteroatoms. The fourth-order valence-corrected chi connectivity index (χ4v) is 3.10. The molecule has 2 aromatic rings. The standard InChI is InChI=1S/C19H20N2O2S/c22-18(12-13-24-17-4-2-1-3-5-17)20-15-8-10-16(11-9-15)21-19(23)14-6-7-14/h1-5,8-11,14H,6-7,12-13H2,(H,20,22)(H,21,23). The van der Waals surface area contributed by atoms with Gasteiger partial charge >= 0.3 is 0 Å². The number of nitrogens with one attached hydrogen (secondary N) is 2. The summed E-state index contributed by atoms with van der Waals surface area (Å²) in [5.74, 6) is 1.01. The van der Waals surface area contributed by atoms with E-state index in [9.17, 15) is 9.59 Å². The molecule has 0 bridgehead atoms. The zero-order valence-electron chi connectivity index (χ0n) is 13.3. The van der Waals surface area contributed by atoms with Crippen LogP contribution in [-0.2, 0) is 9.59 Å².